The molecule has 0 heterocycles. The quantitative estimate of drug-likeness (QED) is 0.0122. The zero-order chi connectivity index (χ0) is 62.1. The molecule has 0 aliphatic rings. The summed E-state index contributed by atoms with van der Waals surface area (Å²) >= 11 is 0. The van der Waals surface area contributed by atoms with Gasteiger partial charge in [0.1, 0.15) is 11.7 Å². The summed E-state index contributed by atoms with van der Waals surface area (Å²) in [6.45, 7) is 14.3. The number of rotatable bonds is 59. The number of carbonyl (C=O) groups excluding carboxylic acids is 1. The number of carboxylic acid groups (broad SMARTS) is 6. The van der Waals surface area contributed by atoms with Crippen molar-refractivity contribution >= 4 is 41.6 Å². The van der Waals surface area contributed by atoms with Crippen LogP contribution in [0.3, 0.4) is 0 Å². The standard InChI is InChI=1S/C26H46O7.C26H46O5.C15H28O3/c1-22(27)18-14-10-6-2-4-8-12-16-20-26(24(30)31,25(32)33)21-17-13-9-5-3-7-11-15-19-23(28)29;1-3-4-5-6-7-9-12-15-18-21-26(24(28)29,25(30)31)22-19-16-13-10-8-11-14-17-20-23(2)27;1-3-4-5-6-7-8-9-10-11-12-14(13(2)16)15(17)18/h27H,1-21H2,(H,28,29)(H,30,31)(H,32,33);3,27H,1-2,4-22H2,(H,28,29)(H,30,31);14H,3-12H2,1-2H3,(H,17,18). The van der Waals surface area contributed by atoms with Crippen LogP contribution in [0.1, 0.15) is 328 Å². The highest BCUT2D eigenvalue weighted by atomic mass is 16.4. The maximum Gasteiger partial charge on any atom is 0.321 e. The van der Waals surface area contributed by atoms with Crippen molar-refractivity contribution in [2.75, 3.05) is 0 Å². The lowest BCUT2D eigenvalue weighted by molar-refractivity contribution is -0.168. The smallest absolute Gasteiger partial charge is 0.321 e. The van der Waals surface area contributed by atoms with Crippen molar-refractivity contribution in [2.24, 2.45) is 16.7 Å². The van der Waals surface area contributed by atoms with Gasteiger partial charge in [0.05, 0.1) is 11.5 Å². The number of hydrogen-bond donors (Lipinski definition) is 8. The second-order valence-corrected chi connectivity index (χ2v) is 23.3. The van der Waals surface area contributed by atoms with E-state index in [0.717, 1.165) is 173 Å². The summed E-state index contributed by atoms with van der Waals surface area (Å²) in [6, 6.07) is 0. The summed E-state index contributed by atoms with van der Waals surface area (Å²) in [6.07, 6.45) is 46.5. The first-order chi connectivity index (χ1) is 39.2. The minimum absolute atomic E-state index is 0.173. The van der Waals surface area contributed by atoms with Crippen LogP contribution in [0.2, 0.25) is 0 Å². The van der Waals surface area contributed by atoms with Gasteiger partial charge in [-0.1, -0.05) is 257 Å². The fourth-order valence-corrected chi connectivity index (χ4v) is 10.4. The second kappa shape index (κ2) is 56.8. The molecule has 0 rings (SSSR count). The molecule has 0 radical (unpaired) electrons. The van der Waals surface area contributed by atoms with Crippen LogP contribution in [-0.4, -0.2) is 82.5 Å². The lowest BCUT2D eigenvalue weighted by Gasteiger charge is -2.25. The van der Waals surface area contributed by atoms with Crippen LogP contribution in [-0.2, 0) is 33.6 Å². The number of unbranched alkanes of at least 4 members (excludes halogenated alkanes) is 36. The van der Waals surface area contributed by atoms with E-state index in [1.807, 2.05) is 6.08 Å². The van der Waals surface area contributed by atoms with Crippen molar-refractivity contribution in [1.29, 1.82) is 0 Å². The molecule has 0 amide bonds. The van der Waals surface area contributed by atoms with Crippen molar-refractivity contribution in [1.82, 2.24) is 0 Å². The van der Waals surface area contributed by atoms with Crippen molar-refractivity contribution in [2.45, 2.75) is 328 Å². The average Bonchev–Trinajstić information content (AvgIpc) is 3.57. The third-order valence-electron chi connectivity index (χ3n) is 15.9. The van der Waals surface area contributed by atoms with Gasteiger partial charge in [-0.15, -0.1) is 6.58 Å². The number of carbonyl (C=O) groups is 7. The number of hydrogen-bond acceptors (Lipinski definition) is 9. The van der Waals surface area contributed by atoms with E-state index in [0.29, 0.717) is 51.4 Å². The minimum atomic E-state index is -1.68. The topological polar surface area (TPSA) is 281 Å². The van der Waals surface area contributed by atoms with E-state index in [-0.39, 0.29) is 49.4 Å². The highest BCUT2D eigenvalue weighted by molar-refractivity contribution is 5.99. The molecule has 0 spiro atoms. The molecule has 0 aliphatic carbocycles. The van der Waals surface area contributed by atoms with E-state index in [4.69, 9.17) is 20.4 Å². The van der Waals surface area contributed by atoms with Crippen molar-refractivity contribution < 1.29 is 74.4 Å². The maximum absolute atomic E-state index is 11.8. The fourth-order valence-electron chi connectivity index (χ4n) is 10.4. The van der Waals surface area contributed by atoms with Gasteiger partial charge in [-0.3, -0.25) is 33.6 Å². The van der Waals surface area contributed by atoms with E-state index in [1.165, 1.54) is 64.7 Å². The highest BCUT2D eigenvalue weighted by Gasteiger charge is 2.46. The second-order valence-electron chi connectivity index (χ2n) is 23.3. The predicted octanol–water partition coefficient (Wildman–Crippen LogP) is 19.1. The fraction of sp³-hybridized carbons (Fsp3) is 0.806. The van der Waals surface area contributed by atoms with Crippen LogP contribution < -0.4 is 0 Å². The van der Waals surface area contributed by atoms with Crippen LogP contribution in [0.4, 0.5) is 0 Å². The van der Waals surface area contributed by atoms with Gasteiger partial charge in [0.2, 0.25) is 0 Å². The summed E-state index contributed by atoms with van der Waals surface area (Å²) in [7, 11) is 0. The predicted molar refractivity (Wildman–Crippen MR) is 330 cm³/mol. The number of Topliss-reactive ketones (excluding diaryl/α,β-unsaturated/α-hetero) is 1. The number of carboxylic acids is 6. The molecule has 0 aromatic heterocycles. The van der Waals surface area contributed by atoms with E-state index in [1.54, 1.807) is 0 Å². The van der Waals surface area contributed by atoms with E-state index < -0.39 is 52.6 Å². The molecule has 0 saturated carbocycles. The summed E-state index contributed by atoms with van der Waals surface area (Å²) in [5, 5.41) is 74.2. The number of aliphatic hydroxyl groups is 2. The Morgan fingerprint density at radius 3 is 0.829 bits per heavy atom. The Kier molecular flexibility index (Phi) is 56.4. The lowest BCUT2D eigenvalue weighted by atomic mass is 9.78. The molecule has 0 saturated heterocycles. The first-order valence-electron chi connectivity index (χ1n) is 32.4. The van der Waals surface area contributed by atoms with Crippen LogP contribution in [0.25, 0.3) is 0 Å². The number of aliphatic hydroxyl groups excluding tert-OH is 2. The SMILES string of the molecule is C=C(O)CCCCCCCCCCC(CCCCCCCCCCC(=O)O)(C(=O)O)C(=O)O.C=CCCCCCCCCCC(CCCCCCCCCCC(=C)O)(C(=O)O)C(=O)O.CCCCCCCCCCCC(C(C)=O)C(=O)O. The Hall–Kier alpha value is -4.69. The molecular weight excluding hydrogens is 1040 g/mol. The molecule has 1 unspecified atom stereocenters. The van der Waals surface area contributed by atoms with Gasteiger partial charge >= 0.3 is 35.8 Å². The van der Waals surface area contributed by atoms with Crippen molar-refractivity contribution in [3.8, 4) is 0 Å². The molecule has 478 valence electrons. The zero-order valence-electron chi connectivity index (χ0n) is 51.9. The van der Waals surface area contributed by atoms with Gasteiger partial charge in [0, 0.05) is 19.3 Å². The summed E-state index contributed by atoms with van der Waals surface area (Å²) in [4.78, 5) is 79.7. The Labute approximate surface area is 496 Å². The Balaban J connectivity index is -0.00000119. The summed E-state index contributed by atoms with van der Waals surface area (Å²) in [5.74, 6) is -7.06. The van der Waals surface area contributed by atoms with E-state index >= 15 is 0 Å². The maximum atomic E-state index is 11.8. The summed E-state index contributed by atoms with van der Waals surface area (Å²) in [5.41, 5.74) is -3.31. The van der Waals surface area contributed by atoms with Crippen LogP contribution in [0, 0.1) is 16.7 Å². The Morgan fingerprint density at radius 2 is 0.598 bits per heavy atom. The number of aliphatic carboxylic acids is 6. The monoisotopic (exact) mass is 1160 g/mol. The van der Waals surface area contributed by atoms with Gasteiger partial charge < -0.3 is 40.9 Å². The first kappa shape index (κ1) is 81.5. The van der Waals surface area contributed by atoms with Crippen molar-refractivity contribution in [3.05, 3.63) is 37.3 Å². The molecule has 0 bridgehead atoms. The zero-order valence-corrected chi connectivity index (χ0v) is 51.9. The molecule has 0 fully saturated rings. The van der Waals surface area contributed by atoms with Gasteiger partial charge in [0.15, 0.2) is 10.8 Å². The number of allylic oxidation sites excluding steroid dienone is 3. The first-order valence-corrected chi connectivity index (χ1v) is 32.4. The molecule has 0 aromatic rings. The number of ketones is 1. The molecule has 0 aromatic carbocycles. The molecule has 82 heavy (non-hydrogen) atoms. The largest absolute Gasteiger partial charge is 0.513 e. The third kappa shape index (κ3) is 48.8. The third-order valence-corrected chi connectivity index (χ3v) is 15.9. The van der Waals surface area contributed by atoms with E-state index in [9.17, 15) is 54.0 Å². The molecule has 8 N–H and O–H groups in total. The van der Waals surface area contributed by atoms with Crippen LogP contribution in [0.15, 0.2) is 37.3 Å². The highest BCUT2D eigenvalue weighted by Crippen LogP contribution is 2.35. The van der Waals surface area contributed by atoms with Gasteiger partial charge in [-0.2, -0.15) is 0 Å². The molecule has 0 aliphatic heterocycles. The van der Waals surface area contributed by atoms with Gasteiger partial charge in [-0.25, -0.2) is 0 Å². The molecular formula is C67H120O15. The van der Waals surface area contributed by atoms with Gasteiger partial charge in [-0.05, 0) is 71.1 Å². The minimum Gasteiger partial charge on any atom is -0.513 e. The van der Waals surface area contributed by atoms with Crippen LogP contribution in [0.5, 0.6) is 0 Å². The Bertz CT molecular complexity index is 1610. The van der Waals surface area contributed by atoms with Crippen molar-refractivity contribution in [3.63, 3.8) is 0 Å². The van der Waals surface area contributed by atoms with Crippen LogP contribution >= 0.6 is 0 Å². The molecule has 1 atom stereocenters. The normalized spacial score (nSPS) is 11.6. The Morgan fingerprint density at radius 1 is 0.354 bits per heavy atom. The van der Waals surface area contributed by atoms with Gasteiger partial charge in [0.25, 0.3) is 0 Å². The lowest BCUT2D eigenvalue weighted by Crippen LogP contribution is -2.39. The molecule has 15 nitrogen and oxygen atoms in total. The average molecular weight is 1170 g/mol. The molecule has 15 heteroatoms. The van der Waals surface area contributed by atoms with E-state index in [2.05, 4.69) is 26.7 Å². The summed E-state index contributed by atoms with van der Waals surface area (Å²) < 4.78 is 0.